The smallest absolute Gasteiger partial charge is 0.258 e. The number of hydrogen-bond donors (Lipinski definition) is 0. The molecule has 3 nitrogen and oxygen atoms in total. The average Bonchev–Trinajstić information content (AvgIpc) is 3.59. The van der Waals surface area contributed by atoms with Gasteiger partial charge in [-0.05, 0) is 68.4 Å². The van der Waals surface area contributed by atoms with E-state index in [1.807, 2.05) is 35.2 Å². The molecule has 0 radical (unpaired) electrons. The molecule has 1 saturated carbocycles. The van der Waals surface area contributed by atoms with E-state index in [4.69, 9.17) is 0 Å². The van der Waals surface area contributed by atoms with E-state index < -0.39 is 0 Å². The summed E-state index contributed by atoms with van der Waals surface area (Å²) in [6.45, 7) is 5.86. The van der Waals surface area contributed by atoms with E-state index >= 15 is 0 Å². The Morgan fingerprint density at radius 3 is 2.32 bits per heavy atom. The lowest BCUT2D eigenvalue weighted by Crippen LogP contribution is -2.46. The standard InChI is InChI=1S/C21H23FN2O.C3H6/c1-2-23-12-10-21(11-13-23)15-24(19-9-8-17(22)14-18(19)21)20(25)16-6-4-3-5-7-16;1-2-3-1/h3-9,14H,2,10-13,15H2,1H3;1-3H2. The molecule has 1 saturated heterocycles. The maximum Gasteiger partial charge on any atom is 0.258 e. The topological polar surface area (TPSA) is 23.6 Å². The van der Waals surface area contributed by atoms with Gasteiger partial charge < -0.3 is 9.80 Å². The summed E-state index contributed by atoms with van der Waals surface area (Å²) in [5.41, 5.74) is 2.45. The molecule has 148 valence electrons. The molecule has 2 fully saturated rings. The summed E-state index contributed by atoms with van der Waals surface area (Å²) in [6, 6.07) is 14.2. The molecule has 0 unspecified atom stereocenters. The normalized spacial score (nSPS) is 19.7. The molecule has 0 aromatic heterocycles. The van der Waals surface area contributed by atoms with Gasteiger partial charge in [-0.2, -0.15) is 0 Å². The van der Waals surface area contributed by atoms with Crippen LogP contribution in [0, 0.1) is 5.82 Å². The highest BCUT2D eigenvalue weighted by Gasteiger charge is 2.46. The Bertz CT molecular complexity index is 823. The first-order chi connectivity index (χ1) is 13.6. The van der Waals surface area contributed by atoms with Crippen LogP contribution < -0.4 is 4.90 Å². The van der Waals surface area contributed by atoms with Gasteiger partial charge in [0.05, 0.1) is 0 Å². The van der Waals surface area contributed by atoms with Crippen LogP contribution in [0.3, 0.4) is 0 Å². The van der Waals surface area contributed by atoms with E-state index in [-0.39, 0.29) is 17.1 Å². The van der Waals surface area contributed by atoms with Gasteiger partial charge in [0.2, 0.25) is 0 Å². The first kappa shape index (κ1) is 19.1. The molecule has 4 heteroatoms. The van der Waals surface area contributed by atoms with E-state index in [1.165, 1.54) is 25.3 Å². The maximum atomic E-state index is 14.0. The zero-order valence-electron chi connectivity index (χ0n) is 16.7. The fourth-order valence-corrected chi connectivity index (χ4v) is 4.28. The number of carbonyl (C=O) groups is 1. The predicted molar refractivity (Wildman–Crippen MR) is 111 cm³/mol. The number of benzene rings is 2. The predicted octanol–water partition coefficient (Wildman–Crippen LogP) is 5.01. The van der Waals surface area contributed by atoms with Crippen molar-refractivity contribution in [2.75, 3.05) is 31.1 Å². The van der Waals surface area contributed by atoms with Crippen LogP contribution in [0.1, 0.15) is 54.9 Å². The van der Waals surface area contributed by atoms with Crippen molar-refractivity contribution in [1.82, 2.24) is 4.90 Å². The number of amides is 1. The quantitative estimate of drug-likeness (QED) is 0.731. The number of likely N-dealkylation sites (tertiary alicyclic amines) is 1. The molecule has 0 N–H and O–H groups in total. The maximum absolute atomic E-state index is 14.0. The molecule has 3 aliphatic rings. The highest BCUT2D eigenvalue weighted by molar-refractivity contribution is 6.07. The summed E-state index contributed by atoms with van der Waals surface area (Å²) in [6.07, 6.45) is 6.44. The van der Waals surface area contributed by atoms with E-state index in [0.717, 1.165) is 43.7 Å². The molecule has 2 aliphatic heterocycles. The SMILES string of the molecule is C1CC1.CCN1CCC2(CC1)CN(C(=O)c1ccccc1)c1ccc(F)cc12. The number of anilines is 1. The Labute approximate surface area is 167 Å². The number of fused-ring (bicyclic) bond motifs is 2. The highest BCUT2D eigenvalue weighted by atomic mass is 19.1. The molecule has 0 bridgehead atoms. The molecule has 28 heavy (non-hydrogen) atoms. The first-order valence-electron chi connectivity index (χ1n) is 10.5. The van der Waals surface area contributed by atoms with Gasteiger partial charge in [-0.25, -0.2) is 4.39 Å². The van der Waals surface area contributed by atoms with Crippen molar-refractivity contribution in [2.45, 2.75) is 44.4 Å². The molecule has 5 rings (SSSR count). The molecule has 0 atom stereocenters. The van der Waals surface area contributed by atoms with Crippen LogP contribution in [0.5, 0.6) is 0 Å². The lowest BCUT2D eigenvalue weighted by atomic mass is 9.74. The van der Waals surface area contributed by atoms with Crippen LogP contribution in [0.2, 0.25) is 0 Å². The second-order valence-electron chi connectivity index (χ2n) is 8.19. The second-order valence-corrected chi connectivity index (χ2v) is 8.19. The molecule has 1 spiro atoms. The van der Waals surface area contributed by atoms with Crippen molar-refractivity contribution in [3.63, 3.8) is 0 Å². The van der Waals surface area contributed by atoms with Crippen molar-refractivity contribution >= 4 is 11.6 Å². The van der Waals surface area contributed by atoms with Crippen LogP contribution in [0.4, 0.5) is 10.1 Å². The van der Waals surface area contributed by atoms with Crippen molar-refractivity contribution in [3.05, 3.63) is 65.5 Å². The van der Waals surface area contributed by atoms with Gasteiger partial charge >= 0.3 is 0 Å². The molecule has 2 heterocycles. The Morgan fingerprint density at radius 1 is 1.04 bits per heavy atom. The average molecular weight is 381 g/mol. The van der Waals surface area contributed by atoms with Crippen molar-refractivity contribution in [2.24, 2.45) is 0 Å². The van der Waals surface area contributed by atoms with Crippen LogP contribution in [-0.2, 0) is 5.41 Å². The van der Waals surface area contributed by atoms with Crippen LogP contribution in [0.15, 0.2) is 48.5 Å². The third-order valence-electron chi connectivity index (χ3n) is 6.16. The van der Waals surface area contributed by atoms with Crippen molar-refractivity contribution in [3.8, 4) is 0 Å². The van der Waals surface area contributed by atoms with Crippen LogP contribution in [-0.4, -0.2) is 37.0 Å². The number of hydrogen-bond acceptors (Lipinski definition) is 2. The van der Waals surface area contributed by atoms with Gasteiger partial charge in [0, 0.05) is 23.2 Å². The molecular formula is C24H29FN2O. The second kappa shape index (κ2) is 8.04. The van der Waals surface area contributed by atoms with E-state index in [2.05, 4.69) is 11.8 Å². The zero-order valence-corrected chi connectivity index (χ0v) is 16.7. The number of halogens is 1. The monoisotopic (exact) mass is 380 g/mol. The molecule has 2 aromatic rings. The Kier molecular flexibility index (Phi) is 5.49. The Balaban J connectivity index is 0.000000586. The third-order valence-corrected chi connectivity index (χ3v) is 6.16. The summed E-state index contributed by atoms with van der Waals surface area (Å²) < 4.78 is 14.0. The van der Waals surface area contributed by atoms with E-state index in [0.29, 0.717) is 12.1 Å². The molecular weight excluding hydrogens is 351 g/mol. The number of nitrogens with zero attached hydrogens (tertiary/aromatic N) is 2. The van der Waals surface area contributed by atoms with Gasteiger partial charge in [0.15, 0.2) is 0 Å². The van der Waals surface area contributed by atoms with Crippen molar-refractivity contribution in [1.29, 1.82) is 0 Å². The summed E-state index contributed by atoms with van der Waals surface area (Å²) in [5.74, 6) is -0.215. The number of rotatable bonds is 2. The van der Waals surface area contributed by atoms with Gasteiger partial charge in [-0.15, -0.1) is 0 Å². The van der Waals surface area contributed by atoms with Crippen LogP contribution >= 0.6 is 0 Å². The first-order valence-corrected chi connectivity index (χ1v) is 10.5. The minimum Gasteiger partial charge on any atom is -0.307 e. The summed E-state index contributed by atoms with van der Waals surface area (Å²) >= 11 is 0. The number of carbonyl (C=O) groups excluding carboxylic acids is 1. The summed E-state index contributed by atoms with van der Waals surface area (Å²) in [7, 11) is 0. The molecule has 2 aromatic carbocycles. The zero-order chi connectivity index (χ0) is 19.6. The lowest BCUT2D eigenvalue weighted by Gasteiger charge is -2.39. The molecule has 1 amide bonds. The van der Waals surface area contributed by atoms with Crippen molar-refractivity contribution < 1.29 is 9.18 Å². The fraction of sp³-hybridized carbons (Fsp3) is 0.458. The van der Waals surface area contributed by atoms with E-state index in [9.17, 15) is 9.18 Å². The molecule has 1 aliphatic carbocycles. The van der Waals surface area contributed by atoms with Crippen LogP contribution in [0.25, 0.3) is 0 Å². The Hall–Kier alpha value is -2.20. The van der Waals surface area contributed by atoms with Gasteiger partial charge in [-0.3, -0.25) is 4.79 Å². The summed E-state index contributed by atoms with van der Waals surface area (Å²) in [4.78, 5) is 17.3. The third kappa shape index (κ3) is 3.83. The minimum absolute atomic E-state index is 0.00301. The number of piperidine rings is 1. The minimum atomic E-state index is -0.218. The largest absolute Gasteiger partial charge is 0.307 e. The van der Waals surface area contributed by atoms with Gasteiger partial charge in [0.1, 0.15) is 5.82 Å². The fourth-order valence-electron chi connectivity index (χ4n) is 4.28. The van der Waals surface area contributed by atoms with Gasteiger partial charge in [-0.1, -0.05) is 44.4 Å². The highest BCUT2D eigenvalue weighted by Crippen LogP contribution is 2.47. The lowest BCUT2D eigenvalue weighted by molar-refractivity contribution is 0.0977. The van der Waals surface area contributed by atoms with Gasteiger partial charge in [0.25, 0.3) is 5.91 Å². The summed E-state index contributed by atoms with van der Waals surface area (Å²) in [5, 5.41) is 0. The van der Waals surface area contributed by atoms with E-state index in [1.54, 1.807) is 12.1 Å². The Morgan fingerprint density at radius 2 is 1.71 bits per heavy atom.